The van der Waals surface area contributed by atoms with Gasteiger partial charge in [0.15, 0.2) is 5.78 Å². The predicted octanol–water partition coefficient (Wildman–Crippen LogP) is 1.77. The summed E-state index contributed by atoms with van der Waals surface area (Å²) in [6.45, 7) is 6.61. The van der Waals surface area contributed by atoms with Crippen molar-refractivity contribution in [2.24, 2.45) is 0 Å². The Labute approximate surface area is 90.0 Å². The molecule has 0 saturated carbocycles. The van der Waals surface area contributed by atoms with Crippen LogP contribution in [0, 0.1) is 0 Å². The largest absolute Gasteiger partial charge is 0.294 e. The SMILES string of the molecule is CC=C(CC)C(=O)Cc1ncnn1CC. The van der Waals surface area contributed by atoms with Crippen LogP contribution < -0.4 is 0 Å². The van der Waals surface area contributed by atoms with E-state index in [1.165, 1.54) is 6.33 Å². The lowest BCUT2D eigenvalue weighted by Gasteiger charge is -2.04. The van der Waals surface area contributed by atoms with Crippen molar-refractivity contribution in [2.75, 3.05) is 0 Å². The third-order valence-corrected chi connectivity index (χ3v) is 2.40. The molecule has 0 atom stereocenters. The van der Waals surface area contributed by atoms with Crippen molar-refractivity contribution in [2.45, 2.75) is 40.2 Å². The summed E-state index contributed by atoms with van der Waals surface area (Å²) in [4.78, 5) is 15.9. The fraction of sp³-hybridized carbons (Fsp3) is 0.545. The van der Waals surface area contributed by atoms with Crippen LogP contribution in [-0.4, -0.2) is 20.5 Å². The average Bonchev–Trinajstić information content (AvgIpc) is 2.67. The molecule has 1 heterocycles. The zero-order chi connectivity index (χ0) is 11.3. The first-order valence-electron chi connectivity index (χ1n) is 5.27. The number of carbonyl (C=O) groups excluding carboxylic acids is 1. The number of rotatable bonds is 5. The fourth-order valence-corrected chi connectivity index (χ4v) is 1.51. The maximum atomic E-state index is 11.8. The number of carbonyl (C=O) groups is 1. The Kier molecular flexibility index (Phi) is 4.21. The number of nitrogens with zero attached hydrogens (tertiary/aromatic N) is 3. The molecule has 1 aromatic rings. The van der Waals surface area contributed by atoms with Gasteiger partial charge in [-0.05, 0) is 25.8 Å². The summed E-state index contributed by atoms with van der Waals surface area (Å²) in [6.07, 6.45) is 4.49. The Morgan fingerprint density at radius 1 is 1.53 bits per heavy atom. The number of allylic oxidation sites excluding steroid dienone is 2. The summed E-state index contributed by atoms with van der Waals surface area (Å²) >= 11 is 0. The molecule has 15 heavy (non-hydrogen) atoms. The first-order chi connectivity index (χ1) is 7.22. The lowest BCUT2D eigenvalue weighted by molar-refractivity contribution is -0.115. The van der Waals surface area contributed by atoms with Crippen molar-refractivity contribution < 1.29 is 4.79 Å². The van der Waals surface area contributed by atoms with Crippen molar-refractivity contribution in [1.29, 1.82) is 0 Å². The lowest BCUT2D eigenvalue weighted by Crippen LogP contribution is -2.12. The van der Waals surface area contributed by atoms with Crippen LogP contribution in [0.1, 0.15) is 33.0 Å². The molecule has 1 aromatic heterocycles. The van der Waals surface area contributed by atoms with Crippen molar-refractivity contribution in [3.63, 3.8) is 0 Å². The zero-order valence-electron chi connectivity index (χ0n) is 9.53. The van der Waals surface area contributed by atoms with E-state index in [-0.39, 0.29) is 5.78 Å². The van der Waals surface area contributed by atoms with E-state index >= 15 is 0 Å². The second kappa shape index (κ2) is 5.44. The van der Waals surface area contributed by atoms with Gasteiger partial charge in [0, 0.05) is 6.54 Å². The van der Waals surface area contributed by atoms with Gasteiger partial charge in [0.2, 0.25) is 0 Å². The Hall–Kier alpha value is -1.45. The first kappa shape index (κ1) is 11.6. The van der Waals surface area contributed by atoms with E-state index in [0.717, 1.165) is 24.4 Å². The molecular weight excluding hydrogens is 190 g/mol. The van der Waals surface area contributed by atoms with E-state index in [2.05, 4.69) is 10.1 Å². The van der Waals surface area contributed by atoms with Gasteiger partial charge in [-0.15, -0.1) is 0 Å². The molecule has 0 aromatic carbocycles. The van der Waals surface area contributed by atoms with E-state index in [0.29, 0.717) is 6.42 Å². The van der Waals surface area contributed by atoms with E-state index in [4.69, 9.17) is 0 Å². The highest BCUT2D eigenvalue weighted by atomic mass is 16.1. The number of hydrogen-bond acceptors (Lipinski definition) is 3. The summed E-state index contributed by atoms with van der Waals surface area (Å²) in [5.74, 6) is 0.887. The third kappa shape index (κ3) is 2.75. The normalized spacial score (nSPS) is 11.8. The minimum Gasteiger partial charge on any atom is -0.294 e. The van der Waals surface area contributed by atoms with Gasteiger partial charge in [-0.1, -0.05) is 13.0 Å². The zero-order valence-corrected chi connectivity index (χ0v) is 9.53. The van der Waals surface area contributed by atoms with Crippen LogP contribution in [0.2, 0.25) is 0 Å². The molecule has 4 nitrogen and oxygen atoms in total. The van der Waals surface area contributed by atoms with Crippen molar-refractivity contribution >= 4 is 5.78 Å². The summed E-state index contributed by atoms with van der Waals surface area (Å²) in [5, 5.41) is 4.03. The molecule has 0 unspecified atom stereocenters. The van der Waals surface area contributed by atoms with Crippen LogP contribution in [0.15, 0.2) is 18.0 Å². The minimum atomic E-state index is 0.141. The Morgan fingerprint density at radius 3 is 2.80 bits per heavy atom. The highest BCUT2D eigenvalue weighted by molar-refractivity contribution is 5.96. The molecule has 0 saturated heterocycles. The number of aromatic nitrogens is 3. The summed E-state index contributed by atoms with van der Waals surface area (Å²) in [7, 11) is 0. The first-order valence-corrected chi connectivity index (χ1v) is 5.27. The van der Waals surface area contributed by atoms with Gasteiger partial charge in [0.1, 0.15) is 12.2 Å². The second-order valence-electron chi connectivity index (χ2n) is 3.26. The van der Waals surface area contributed by atoms with Gasteiger partial charge in [0.05, 0.1) is 6.42 Å². The molecule has 0 aliphatic rings. The molecular formula is C11H17N3O. The van der Waals surface area contributed by atoms with Crippen LogP contribution in [0.3, 0.4) is 0 Å². The van der Waals surface area contributed by atoms with E-state index in [1.54, 1.807) is 4.68 Å². The van der Waals surface area contributed by atoms with Gasteiger partial charge in [-0.2, -0.15) is 5.10 Å². The van der Waals surface area contributed by atoms with Crippen LogP contribution in [-0.2, 0) is 17.8 Å². The molecule has 0 N–H and O–H groups in total. The topological polar surface area (TPSA) is 47.8 Å². The highest BCUT2D eigenvalue weighted by Gasteiger charge is 2.11. The average molecular weight is 207 g/mol. The maximum Gasteiger partial charge on any atom is 0.166 e. The van der Waals surface area contributed by atoms with Crippen LogP contribution in [0.4, 0.5) is 0 Å². The molecule has 0 aliphatic carbocycles. The Bertz CT molecular complexity index is 366. The molecule has 0 amide bonds. The van der Waals surface area contributed by atoms with Gasteiger partial charge >= 0.3 is 0 Å². The van der Waals surface area contributed by atoms with E-state index in [9.17, 15) is 4.79 Å². The number of ketones is 1. The summed E-state index contributed by atoms with van der Waals surface area (Å²) in [6, 6.07) is 0. The van der Waals surface area contributed by atoms with Gasteiger partial charge in [-0.3, -0.25) is 4.79 Å². The van der Waals surface area contributed by atoms with Gasteiger partial charge < -0.3 is 0 Å². The molecule has 0 radical (unpaired) electrons. The van der Waals surface area contributed by atoms with Crippen LogP contribution >= 0.6 is 0 Å². The van der Waals surface area contributed by atoms with Crippen molar-refractivity contribution in [1.82, 2.24) is 14.8 Å². The Balaban J connectivity index is 2.74. The van der Waals surface area contributed by atoms with Gasteiger partial charge in [-0.25, -0.2) is 9.67 Å². The molecule has 0 spiro atoms. The van der Waals surface area contributed by atoms with Crippen LogP contribution in [0.5, 0.6) is 0 Å². The summed E-state index contributed by atoms with van der Waals surface area (Å²) < 4.78 is 1.75. The summed E-state index contributed by atoms with van der Waals surface area (Å²) in [5.41, 5.74) is 0.862. The third-order valence-electron chi connectivity index (χ3n) is 2.40. The van der Waals surface area contributed by atoms with Crippen molar-refractivity contribution in [3.8, 4) is 0 Å². The van der Waals surface area contributed by atoms with Crippen LogP contribution in [0.25, 0.3) is 0 Å². The fourth-order valence-electron chi connectivity index (χ4n) is 1.51. The molecule has 4 heteroatoms. The number of hydrogen-bond donors (Lipinski definition) is 0. The standard InChI is InChI=1S/C11H17N3O/c1-4-9(5-2)10(15)7-11-12-8-13-14(11)6-3/h4,8H,5-7H2,1-3H3. The number of aryl methyl sites for hydroxylation is 1. The predicted molar refractivity (Wildman–Crippen MR) is 58.5 cm³/mol. The number of Topliss-reactive ketones (excluding diaryl/α,β-unsaturated/α-hetero) is 1. The minimum absolute atomic E-state index is 0.141. The smallest absolute Gasteiger partial charge is 0.166 e. The quantitative estimate of drug-likeness (QED) is 0.691. The molecule has 1 rings (SSSR count). The maximum absolute atomic E-state index is 11.8. The lowest BCUT2D eigenvalue weighted by atomic mass is 10.1. The van der Waals surface area contributed by atoms with Crippen molar-refractivity contribution in [3.05, 3.63) is 23.8 Å². The molecule has 82 valence electrons. The molecule has 0 bridgehead atoms. The van der Waals surface area contributed by atoms with Gasteiger partial charge in [0.25, 0.3) is 0 Å². The molecule has 0 aliphatic heterocycles. The second-order valence-corrected chi connectivity index (χ2v) is 3.26. The van der Waals surface area contributed by atoms with E-state index < -0.39 is 0 Å². The van der Waals surface area contributed by atoms with E-state index in [1.807, 2.05) is 26.8 Å². The molecule has 0 fully saturated rings. The Morgan fingerprint density at radius 2 is 2.27 bits per heavy atom. The monoisotopic (exact) mass is 207 g/mol. The highest BCUT2D eigenvalue weighted by Crippen LogP contribution is 2.06.